The molecular formula is C16H14ClN3O4S. The first kappa shape index (κ1) is 17.2. The molecule has 3 rings (SSSR count). The Morgan fingerprint density at radius 1 is 1.08 bits per heavy atom. The maximum absolute atomic E-state index is 12.4. The van der Waals surface area contributed by atoms with Crippen molar-refractivity contribution in [3.8, 4) is 0 Å². The topological polar surface area (TPSA) is 104 Å². The summed E-state index contributed by atoms with van der Waals surface area (Å²) >= 11 is 5.82. The molecule has 2 aromatic carbocycles. The van der Waals surface area contributed by atoms with E-state index in [1.165, 1.54) is 24.3 Å². The summed E-state index contributed by atoms with van der Waals surface area (Å²) in [5.74, 6) is -0.468. The number of urea groups is 1. The third-order valence-electron chi connectivity index (χ3n) is 3.87. The van der Waals surface area contributed by atoms with Crippen LogP contribution in [0.2, 0.25) is 5.02 Å². The first-order valence-corrected chi connectivity index (χ1v) is 9.09. The zero-order valence-electron chi connectivity index (χ0n) is 13.0. The van der Waals surface area contributed by atoms with Crippen LogP contribution in [0.1, 0.15) is 12.5 Å². The van der Waals surface area contributed by atoms with E-state index in [9.17, 15) is 18.0 Å². The molecule has 3 amide bonds. The molecule has 130 valence electrons. The second kappa shape index (κ2) is 6.05. The van der Waals surface area contributed by atoms with Gasteiger partial charge in [0.05, 0.1) is 4.90 Å². The van der Waals surface area contributed by atoms with E-state index >= 15 is 0 Å². The van der Waals surface area contributed by atoms with Crippen molar-refractivity contribution in [1.82, 2.24) is 10.6 Å². The summed E-state index contributed by atoms with van der Waals surface area (Å²) in [5.41, 5.74) is -0.347. The van der Waals surface area contributed by atoms with Gasteiger partial charge in [0.2, 0.25) is 0 Å². The molecule has 0 bridgehead atoms. The van der Waals surface area contributed by atoms with Gasteiger partial charge in [0, 0.05) is 10.7 Å². The van der Waals surface area contributed by atoms with Crippen molar-refractivity contribution in [2.24, 2.45) is 0 Å². The van der Waals surface area contributed by atoms with Crippen molar-refractivity contribution < 1.29 is 18.0 Å². The summed E-state index contributed by atoms with van der Waals surface area (Å²) < 4.78 is 27.2. The van der Waals surface area contributed by atoms with Crippen LogP contribution in [0.5, 0.6) is 0 Å². The van der Waals surface area contributed by atoms with Crippen molar-refractivity contribution in [2.75, 3.05) is 4.72 Å². The lowest BCUT2D eigenvalue weighted by atomic mass is 9.92. The number of imide groups is 1. The highest BCUT2D eigenvalue weighted by Crippen LogP contribution is 2.26. The third kappa shape index (κ3) is 3.31. The Bertz CT molecular complexity index is 960. The zero-order valence-corrected chi connectivity index (χ0v) is 14.6. The average molecular weight is 380 g/mol. The Kier molecular flexibility index (Phi) is 4.18. The molecule has 0 aliphatic carbocycles. The van der Waals surface area contributed by atoms with E-state index in [-0.39, 0.29) is 4.90 Å². The van der Waals surface area contributed by atoms with Crippen LogP contribution in [0.3, 0.4) is 0 Å². The maximum atomic E-state index is 12.4. The number of carbonyl (C=O) groups excluding carboxylic acids is 2. The van der Waals surface area contributed by atoms with Crippen LogP contribution in [-0.2, 0) is 20.4 Å². The number of anilines is 1. The van der Waals surface area contributed by atoms with Gasteiger partial charge in [-0.3, -0.25) is 14.8 Å². The predicted octanol–water partition coefficient (Wildman–Crippen LogP) is 2.20. The second-order valence-corrected chi connectivity index (χ2v) is 7.79. The molecule has 1 fully saturated rings. The standard InChI is InChI=1S/C16H14ClN3O4S/c1-16(14(21)18-15(22)19-16)10-5-7-12(8-6-10)20-25(23,24)13-4-2-3-11(17)9-13/h2-9,20H,1H3,(H2,18,19,21,22)/t16-/m1/s1. The van der Waals surface area contributed by atoms with Gasteiger partial charge in [0.1, 0.15) is 5.54 Å². The van der Waals surface area contributed by atoms with Gasteiger partial charge in [-0.1, -0.05) is 29.8 Å². The molecule has 0 radical (unpaired) electrons. The van der Waals surface area contributed by atoms with Gasteiger partial charge < -0.3 is 5.32 Å². The van der Waals surface area contributed by atoms with Crippen LogP contribution in [0.4, 0.5) is 10.5 Å². The van der Waals surface area contributed by atoms with Gasteiger partial charge in [-0.15, -0.1) is 0 Å². The van der Waals surface area contributed by atoms with Crippen LogP contribution >= 0.6 is 11.6 Å². The highest BCUT2D eigenvalue weighted by Gasteiger charge is 2.43. The normalized spacial score (nSPS) is 20.1. The minimum Gasteiger partial charge on any atom is -0.320 e. The molecule has 2 aromatic rings. The molecule has 1 aliphatic heterocycles. The van der Waals surface area contributed by atoms with Crippen LogP contribution in [0.15, 0.2) is 53.4 Å². The Labute approximate surface area is 149 Å². The molecule has 1 atom stereocenters. The monoisotopic (exact) mass is 379 g/mol. The number of nitrogens with one attached hydrogen (secondary N) is 3. The minimum absolute atomic E-state index is 0.0403. The number of carbonyl (C=O) groups is 2. The molecule has 1 saturated heterocycles. The van der Waals surface area contributed by atoms with E-state index in [2.05, 4.69) is 15.4 Å². The summed E-state index contributed by atoms with van der Waals surface area (Å²) in [4.78, 5) is 23.3. The lowest BCUT2D eigenvalue weighted by Gasteiger charge is -2.21. The van der Waals surface area contributed by atoms with Crippen molar-refractivity contribution >= 4 is 39.2 Å². The molecule has 1 heterocycles. The number of sulfonamides is 1. The first-order chi connectivity index (χ1) is 11.7. The molecule has 7 nitrogen and oxygen atoms in total. The summed E-state index contributed by atoms with van der Waals surface area (Å²) in [5, 5.41) is 5.03. The lowest BCUT2D eigenvalue weighted by Crippen LogP contribution is -2.40. The molecule has 0 unspecified atom stereocenters. The number of halogens is 1. The predicted molar refractivity (Wildman–Crippen MR) is 92.7 cm³/mol. The molecule has 1 aliphatic rings. The Hall–Kier alpha value is -2.58. The van der Waals surface area contributed by atoms with Gasteiger partial charge in [0.25, 0.3) is 15.9 Å². The summed E-state index contributed by atoms with van der Waals surface area (Å²) in [6, 6.07) is 11.5. The van der Waals surface area contributed by atoms with Gasteiger partial charge in [0.15, 0.2) is 0 Å². The van der Waals surface area contributed by atoms with Crippen molar-refractivity contribution in [1.29, 1.82) is 0 Å². The molecule has 0 spiro atoms. The fraction of sp³-hybridized carbons (Fsp3) is 0.125. The maximum Gasteiger partial charge on any atom is 0.322 e. The molecule has 0 aromatic heterocycles. The fourth-order valence-corrected chi connectivity index (χ4v) is 3.83. The van der Waals surface area contributed by atoms with E-state index in [4.69, 9.17) is 11.6 Å². The Balaban J connectivity index is 1.84. The van der Waals surface area contributed by atoms with Crippen molar-refractivity contribution in [3.63, 3.8) is 0 Å². The van der Waals surface area contributed by atoms with E-state index in [0.717, 1.165) is 0 Å². The number of benzene rings is 2. The van der Waals surface area contributed by atoms with E-state index in [0.29, 0.717) is 16.3 Å². The number of rotatable bonds is 4. The lowest BCUT2D eigenvalue weighted by molar-refractivity contribution is -0.123. The van der Waals surface area contributed by atoms with Crippen LogP contribution in [0, 0.1) is 0 Å². The second-order valence-electron chi connectivity index (χ2n) is 5.67. The summed E-state index contributed by atoms with van der Waals surface area (Å²) in [6.07, 6.45) is 0. The third-order valence-corrected chi connectivity index (χ3v) is 5.48. The van der Waals surface area contributed by atoms with Crippen molar-refractivity contribution in [3.05, 3.63) is 59.1 Å². The summed E-state index contributed by atoms with van der Waals surface area (Å²) in [6.45, 7) is 1.57. The van der Waals surface area contributed by atoms with Gasteiger partial charge in [-0.2, -0.15) is 0 Å². The largest absolute Gasteiger partial charge is 0.322 e. The molecule has 9 heteroatoms. The Morgan fingerprint density at radius 2 is 1.76 bits per heavy atom. The van der Waals surface area contributed by atoms with E-state index in [1.807, 2.05) is 0 Å². The number of hydrogen-bond acceptors (Lipinski definition) is 4. The molecule has 3 N–H and O–H groups in total. The average Bonchev–Trinajstić information content (AvgIpc) is 2.81. The SMILES string of the molecule is C[C@]1(c2ccc(NS(=O)(=O)c3cccc(Cl)c3)cc2)NC(=O)NC1=O. The van der Waals surface area contributed by atoms with Gasteiger partial charge >= 0.3 is 6.03 Å². The molecular weight excluding hydrogens is 366 g/mol. The smallest absolute Gasteiger partial charge is 0.320 e. The van der Waals surface area contributed by atoms with Crippen LogP contribution in [0.25, 0.3) is 0 Å². The Morgan fingerprint density at radius 3 is 2.32 bits per heavy atom. The highest BCUT2D eigenvalue weighted by atomic mass is 35.5. The number of hydrogen-bond donors (Lipinski definition) is 3. The highest BCUT2D eigenvalue weighted by molar-refractivity contribution is 7.92. The molecule has 0 saturated carbocycles. The summed E-state index contributed by atoms with van der Waals surface area (Å²) in [7, 11) is -3.79. The van der Waals surface area contributed by atoms with Gasteiger partial charge in [-0.05, 0) is 42.8 Å². The minimum atomic E-state index is -3.79. The number of amides is 3. The van der Waals surface area contributed by atoms with Crippen LogP contribution < -0.4 is 15.4 Å². The van der Waals surface area contributed by atoms with E-state index < -0.39 is 27.5 Å². The van der Waals surface area contributed by atoms with Crippen LogP contribution in [-0.4, -0.2) is 20.4 Å². The van der Waals surface area contributed by atoms with Crippen molar-refractivity contribution in [2.45, 2.75) is 17.4 Å². The zero-order chi connectivity index (χ0) is 18.2. The fourth-order valence-electron chi connectivity index (χ4n) is 2.47. The van der Waals surface area contributed by atoms with Gasteiger partial charge in [-0.25, -0.2) is 13.2 Å². The first-order valence-electron chi connectivity index (χ1n) is 7.23. The molecule has 25 heavy (non-hydrogen) atoms. The van der Waals surface area contributed by atoms with E-state index in [1.54, 1.807) is 31.2 Å². The quantitative estimate of drug-likeness (QED) is 0.708.